The monoisotopic (exact) mass is 201 g/mol. The van der Waals surface area contributed by atoms with E-state index < -0.39 is 0 Å². The number of rotatable bonds is 1. The van der Waals surface area contributed by atoms with Crippen LogP contribution in [0.4, 0.5) is 5.69 Å². The van der Waals surface area contributed by atoms with Crippen LogP contribution >= 0.6 is 0 Å². The number of anilines is 1. The van der Waals surface area contributed by atoms with E-state index in [4.69, 9.17) is 0 Å². The summed E-state index contributed by atoms with van der Waals surface area (Å²) in [4.78, 5) is 0. The Morgan fingerprint density at radius 2 is 1.93 bits per heavy atom. The molecule has 0 aromatic heterocycles. The van der Waals surface area contributed by atoms with Crippen LogP contribution in [0.2, 0.25) is 0 Å². The first-order chi connectivity index (χ1) is 7.45. The maximum Gasteiger partial charge on any atom is 0.0375 e. The Morgan fingerprint density at radius 3 is 2.80 bits per heavy atom. The zero-order valence-corrected chi connectivity index (χ0v) is 9.26. The summed E-state index contributed by atoms with van der Waals surface area (Å²) < 4.78 is 0. The summed E-state index contributed by atoms with van der Waals surface area (Å²) in [6.07, 6.45) is 8.28. The molecule has 15 heavy (non-hydrogen) atoms. The first-order valence-electron chi connectivity index (χ1n) is 6.31. The minimum atomic E-state index is 0.861. The van der Waals surface area contributed by atoms with Gasteiger partial charge in [-0.25, -0.2) is 0 Å². The quantitative estimate of drug-likeness (QED) is 0.730. The Hall–Kier alpha value is -0.980. The molecule has 1 heterocycles. The SMILES string of the molecule is c1cc2c(c(C3CCCC3)c1)CCCN2. The molecule has 0 saturated heterocycles. The Balaban J connectivity index is 1.99. The predicted octanol–water partition coefficient (Wildman–Crippen LogP) is 3.70. The van der Waals surface area contributed by atoms with Crippen molar-refractivity contribution in [1.82, 2.24) is 0 Å². The van der Waals surface area contributed by atoms with Crippen LogP contribution in [0.3, 0.4) is 0 Å². The molecule has 2 aliphatic rings. The van der Waals surface area contributed by atoms with Gasteiger partial charge in [-0.15, -0.1) is 0 Å². The van der Waals surface area contributed by atoms with Crippen LogP contribution in [0, 0.1) is 0 Å². The summed E-state index contributed by atoms with van der Waals surface area (Å²) in [6, 6.07) is 6.83. The second-order valence-corrected chi connectivity index (χ2v) is 4.89. The smallest absolute Gasteiger partial charge is 0.0375 e. The molecule has 1 aromatic carbocycles. The summed E-state index contributed by atoms with van der Waals surface area (Å²) in [5.41, 5.74) is 4.68. The van der Waals surface area contributed by atoms with Crippen molar-refractivity contribution in [2.45, 2.75) is 44.4 Å². The molecule has 1 aromatic rings. The van der Waals surface area contributed by atoms with E-state index in [0.29, 0.717) is 0 Å². The maximum atomic E-state index is 3.53. The molecular weight excluding hydrogens is 182 g/mol. The highest BCUT2D eigenvalue weighted by Crippen LogP contribution is 2.39. The van der Waals surface area contributed by atoms with Crippen molar-refractivity contribution in [3.8, 4) is 0 Å². The first-order valence-corrected chi connectivity index (χ1v) is 6.31. The van der Waals surface area contributed by atoms with Crippen LogP contribution in [0.15, 0.2) is 18.2 Å². The standard InChI is InChI=1S/C14H19N/c1-2-6-11(5-1)12-7-3-9-14-13(12)8-4-10-15-14/h3,7,9,11,15H,1-2,4-6,8,10H2. The molecule has 80 valence electrons. The lowest BCUT2D eigenvalue weighted by Crippen LogP contribution is -2.14. The fourth-order valence-corrected chi connectivity index (χ4v) is 3.16. The van der Waals surface area contributed by atoms with Crippen LogP contribution in [0.1, 0.15) is 49.1 Å². The fraction of sp³-hybridized carbons (Fsp3) is 0.571. The highest BCUT2D eigenvalue weighted by atomic mass is 14.9. The van der Waals surface area contributed by atoms with Crippen molar-refractivity contribution in [2.75, 3.05) is 11.9 Å². The van der Waals surface area contributed by atoms with Gasteiger partial charge in [0.2, 0.25) is 0 Å². The van der Waals surface area contributed by atoms with Crippen molar-refractivity contribution in [3.63, 3.8) is 0 Å². The van der Waals surface area contributed by atoms with Crippen LogP contribution in [-0.2, 0) is 6.42 Å². The molecule has 0 unspecified atom stereocenters. The molecule has 0 radical (unpaired) electrons. The van der Waals surface area contributed by atoms with Crippen LogP contribution in [0.25, 0.3) is 0 Å². The minimum absolute atomic E-state index is 0.861. The number of nitrogens with one attached hydrogen (secondary N) is 1. The van der Waals surface area contributed by atoms with Crippen molar-refractivity contribution in [2.24, 2.45) is 0 Å². The van der Waals surface area contributed by atoms with Gasteiger partial charge in [-0.1, -0.05) is 25.0 Å². The first kappa shape index (κ1) is 9.26. The summed E-state index contributed by atoms with van der Waals surface area (Å²) in [5, 5.41) is 3.53. The Bertz CT molecular complexity index is 350. The summed E-state index contributed by atoms with van der Waals surface area (Å²) in [5.74, 6) is 0.861. The topological polar surface area (TPSA) is 12.0 Å². The molecule has 1 N–H and O–H groups in total. The van der Waals surface area contributed by atoms with Crippen LogP contribution in [-0.4, -0.2) is 6.54 Å². The number of hydrogen-bond acceptors (Lipinski definition) is 1. The van der Waals surface area contributed by atoms with Gasteiger partial charge < -0.3 is 5.32 Å². The van der Waals surface area contributed by atoms with Gasteiger partial charge in [0.25, 0.3) is 0 Å². The molecule has 0 atom stereocenters. The maximum absolute atomic E-state index is 3.53. The van der Waals surface area contributed by atoms with E-state index in [9.17, 15) is 0 Å². The average Bonchev–Trinajstić information content (AvgIpc) is 2.82. The lowest BCUT2D eigenvalue weighted by molar-refractivity contribution is 0.700. The van der Waals surface area contributed by atoms with E-state index >= 15 is 0 Å². The highest BCUT2D eigenvalue weighted by molar-refractivity contribution is 5.57. The van der Waals surface area contributed by atoms with Gasteiger partial charge in [0.05, 0.1) is 0 Å². The summed E-state index contributed by atoms with van der Waals surface area (Å²) >= 11 is 0. The molecule has 1 aliphatic carbocycles. The van der Waals surface area contributed by atoms with Gasteiger partial charge >= 0.3 is 0 Å². The average molecular weight is 201 g/mol. The molecule has 1 nitrogen and oxygen atoms in total. The van der Waals surface area contributed by atoms with E-state index in [-0.39, 0.29) is 0 Å². The molecule has 1 fully saturated rings. The third-order valence-electron chi connectivity index (χ3n) is 3.93. The number of fused-ring (bicyclic) bond motifs is 1. The Labute approximate surface area is 91.9 Å². The largest absolute Gasteiger partial charge is 0.385 e. The molecule has 0 bridgehead atoms. The molecule has 1 aliphatic heterocycles. The van der Waals surface area contributed by atoms with E-state index in [0.717, 1.165) is 12.5 Å². The lowest BCUT2D eigenvalue weighted by Gasteiger charge is -2.23. The van der Waals surface area contributed by atoms with Crippen molar-refractivity contribution in [3.05, 3.63) is 29.3 Å². The van der Waals surface area contributed by atoms with Gasteiger partial charge in [-0.2, -0.15) is 0 Å². The van der Waals surface area contributed by atoms with E-state index in [2.05, 4.69) is 23.5 Å². The zero-order chi connectivity index (χ0) is 10.1. The van der Waals surface area contributed by atoms with Gasteiger partial charge in [-0.3, -0.25) is 0 Å². The zero-order valence-electron chi connectivity index (χ0n) is 9.26. The van der Waals surface area contributed by atoms with Gasteiger partial charge in [0.1, 0.15) is 0 Å². The van der Waals surface area contributed by atoms with Crippen molar-refractivity contribution >= 4 is 5.69 Å². The minimum Gasteiger partial charge on any atom is -0.385 e. The Kier molecular flexibility index (Phi) is 2.40. The second-order valence-electron chi connectivity index (χ2n) is 4.89. The Morgan fingerprint density at radius 1 is 1.07 bits per heavy atom. The second kappa shape index (κ2) is 3.88. The van der Waals surface area contributed by atoms with Crippen molar-refractivity contribution < 1.29 is 0 Å². The normalized spacial score (nSPS) is 21.1. The molecule has 0 spiro atoms. The highest BCUT2D eigenvalue weighted by Gasteiger charge is 2.22. The van der Waals surface area contributed by atoms with Gasteiger partial charge in [0, 0.05) is 12.2 Å². The number of hydrogen-bond donors (Lipinski definition) is 1. The van der Waals surface area contributed by atoms with E-state index in [1.54, 1.807) is 11.1 Å². The van der Waals surface area contributed by atoms with Crippen molar-refractivity contribution in [1.29, 1.82) is 0 Å². The molecule has 1 heteroatoms. The summed E-state index contributed by atoms with van der Waals surface area (Å²) in [6.45, 7) is 1.15. The molecule has 0 amide bonds. The van der Waals surface area contributed by atoms with Gasteiger partial charge in [-0.05, 0) is 48.8 Å². The predicted molar refractivity (Wildman–Crippen MR) is 64.5 cm³/mol. The number of benzene rings is 1. The third-order valence-corrected chi connectivity index (χ3v) is 3.93. The summed E-state index contributed by atoms with van der Waals surface area (Å²) in [7, 11) is 0. The molecule has 1 saturated carbocycles. The molecule has 3 rings (SSSR count). The fourth-order valence-electron chi connectivity index (χ4n) is 3.16. The van der Waals surface area contributed by atoms with E-state index in [1.165, 1.54) is 44.2 Å². The van der Waals surface area contributed by atoms with Crippen LogP contribution in [0.5, 0.6) is 0 Å². The van der Waals surface area contributed by atoms with E-state index in [1.807, 2.05) is 0 Å². The molecular formula is C14H19N. The van der Waals surface area contributed by atoms with Crippen LogP contribution < -0.4 is 5.32 Å². The third kappa shape index (κ3) is 1.64. The lowest BCUT2D eigenvalue weighted by atomic mass is 9.88. The van der Waals surface area contributed by atoms with Gasteiger partial charge in [0.15, 0.2) is 0 Å².